The summed E-state index contributed by atoms with van der Waals surface area (Å²) in [6.45, 7) is 3.98. The SMILES string of the molecule is CCCCNc1nc(N)nc2cn(Cc3cc(CN)ccc3OC)nc12. The molecule has 0 radical (unpaired) electrons. The Labute approximate surface area is 152 Å². The third-order valence-electron chi connectivity index (χ3n) is 4.16. The molecular formula is C18H25N7O. The number of nitrogens with one attached hydrogen (secondary N) is 1. The minimum absolute atomic E-state index is 0.235. The van der Waals surface area contributed by atoms with Crippen molar-refractivity contribution in [1.29, 1.82) is 0 Å². The molecule has 0 aliphatic carbocycles. The lowest BCUT2D eigenvalue weighted by Crippen LogP contribution is -2.07. The van der Waals surface area contributed by atoms with Crippen molar-refractivity contribution in [3.05, 3.63) is 35.5 Å². The molecule has 0 aliphatic heterocycles. The van der Waals surface area contributed by atoms with Crippen LogP contribution in [0.2, 0.25) is 0 Å². The third kappa shape index (κ3) is 3.85. The predicted octanol–water partition coefficient (Wildman–Crippen LogP) is 2.14. The number of hydrogen-bond donors (Lipinski definition) is 3. The number of methoxy groups -OCH3 is 1. The first-order chi connectivity index (χ1) is 12.6. The molecule has 0 saturated carbocycles. The number of aromatic nitrogens is 4. The number of nitrogens with two attached hydrogens (primary N) is 2. The van der Waals surface area contributed by atoms with E-state index in [4.69, 9.17) is 16.2 Å². The van der Waals surface area contributed by atoms with Crippen LogP contribution in [0.5, 0.6) is 5.75 Å². The highest BCUT2D eigenvalue weighted by Crippen LogP contribution is 2.23. The van der Waals surface area contributed by atoms with Gasteiger partial charge in [0, 0.05) is 18.7 Å². The number of hydrogen-bond acceptors (Lipinski definition) is 7. The molecule has 0 fully saturated rings. The quantitative estimate of drug-likeness (QED) is 0.530. The van der Waals surface area contributed by atoms with E-state index < -0.39 is 0 Å². The Bertz CT molecular complexity index is 891. The largest absolute Gasteiger partial charge is 0.496 e. The second kappa shape index (κ2) is 8.01. The molecule has 8 nitrogen and oxygen atoms in total. The molecule has 0 spiro atoms. The van der Waals surface area contributed by atoms with Crippen molar-refractivity contribution in [2.24, 2.45) is 5.73 Å². The highest BCUT2D eigenvalue weighted by atomic mass is 16.5. The predicted molar refractivity (Wildman–Crippen MR) is 103 cm³/mol. The van der Waals surface area contributed by atoms with E-state index in [-0.39, 0.29) is 5.95 Å². The van der Waals surface area contributed by atoms with E-state index in [1.54, 1.807) is 7.11 Å². The summed E-state index contributed by atoms with van der Waals surface area (Å²) in [5.41, 5.74) is 15.1. The Balaban J connectivity index is 1.93. The Morgan fingerprint density at radius 3 is 2.85 bits per heavy atom. The van der Waals surface area contributed by atoms with Crippen molar-refractivity contribution in [3.63, 3.8) is 0 Å². The molecule has 5 N–H and O–H groups in total. The summed E-state index contributed by atoms with van der Waals surface area (Å²) in [6, 6.07) is 5.92. The Hall–Kier alpha value is -2.87. The van der Waals surface area contributed by atoms with E-state index in [9.17, 15) is 0 Å². The van der Waals surface area contributed by atoms with Crippen LogP contribution in [0.1, 0.15) is 30.9 Å². The van der Waals surface area contributed by atoms with E-state index in [0.29, 0.717) is 29.9 Å². The maximum absolute atomic E-state index is 5.84. The number of nitrogens with zero attached hydrogens (tertiary/aromatic N) is 4. The Morgan fingerprint density at radius 1 is 1.27 bits per heavy atom. The lowest BCUT2D eigenvalue weighted by Gasteiger charge is -2.10. The smallest absolute Gasteiger partial charge is 0.222 e. The fourth-order valence-electron chi connectivity index (χ4n) is 2.82. The van der Waals surface area contributed by atoms with Crippen LogP contribution in [0, 0.1) is 0 Å². The summed E-state index contributed by atoms with van der Waals surface area (Å²) < 4.78 is 7.28. The van der Waals surface area contributed by atoms with Gasteiger partial charge in [0.05, 0.1) is 19.9 Å². The summed E-state index contributed by atoms with van der Waals surface area (Å²) in [7, 11) is 1.66. The van der Waals surface area contributed by atoms with Gasteiger partial charge in [-0.2, -0.15) is 10.1 Å². The Morgan fingerprint density at radius 2 is 2.12 bits per heavy atom. The summed E-state index contributed by atoms with van der Waals surface area (Å²) in [5.74, 6) is 1.70. The number of nitrogen functional groups attached to an aromatic ring is 1. The molecule has 8 heteroatoms. The van der Waals surface area contributed by atoms with Gasteiger partial charge in [0.2, 0.25) is 5.95 Å². The average molecular weight is 355 g/mol. The molecular weight excluding hydrogens is 330 g/mol. The van der Waals surface area contributed by atoms with E-state index >= 15 is 0 Å². The number of fused-ring (bicyclic) bond motifs is 1. The normalized spacial score (nSPS) is 11.0. The van der Waals surface area contributed by atoms with Gasteiger partial charge in [-0.25, -0.2) is 4.98 Å². The van der Waals surface area contributed by atoms with Crippen LogP contribution in [0.3, 0.4) is 0 Å². The van der Waals surface area contributed by atoms with Gasteiger partial charge >= 0.3 is 0 Å². The first kappa shape index (κ1) is 17.9. The van der Waals surface area contributed by atoms with Gasteiger partial charge in [-0.3, -0.25) is 4.68 Å². The van der Waals surface area contributed by atoms with E-state index in [2.05, 4.69) is 27.3 Å². The van der Waals surface area contributed by atoms with Crippen LogP contribution >= 0.6 is 0 Å². The van der Waals surface area contributed by atoms with Crippen molar-refractivity contribution in [2.75, 3.05) is 24.7 Å². The molecule has 3 aromatic rings. The van der Waals surface area contributed by atoms with Gasteiger partial charge in [0.1, 0.15) is 11.3 Å². The minimum Gasteiger partial charge on any atom is -0.496 e. The third-order valence-corrected chi connectivity index (χ3v) is 4.16. The van der Waals surface area contributed by atoms with Gasteiger partial charge in [0.25, 0.3) is 0 Å². The first-order valence-corrected chi connectivity index (χ1v) is 8.75. The highest BCUT2D eigenvalue weighted by molar-refractivity contribution is 5.85. The lowest BCUT2D eigenvalue weighted by molar-refractivity contribution is 0.407. The van der Waals surface area contributed by atoms with Crippen LogP contribution in [0.15, 0.2) is 24.4 Å². The standard InChI is InChI=1S/C18H25N7O/c1-3-4-7-21-17-16-14(22-18(20)23-17)11-25(24-16)10-13-8-12(9-19)5-6-15(13)26-2/h5-6,8,11H,3-4,7,9-10,19H2,1-2H3,(H3,20,21,22,23). The monoisotopic (exact) mass is 355 g/mol. The van der Waals surface area contributed by atoms with Crippen molar-refractivity contribution in [3.8, 4) is 5.75 Å². The molecule has 2 heterocycles. The summed E-state index contributed by atoms with van der Waals surface area (Å²) in [4.78, 5) is 8.59. The van der Waals surface area contributed by atoms with Gasteiger partial charge in [-0.15, -0.1) is 0 Å². The van der Waals surface area contributed by atoms with Crippen molar-refractivity contribution >= 4 is 22.8 Å². The molecule has 0 unspecified atom stereocenters. The lowest BCUT2D eigenvalue weighted by atomic mass is 10.1. The molecule has 0 saturated heterocycles. The van der Waals surface area contributed by atoms with Crippen molar-refractivity contribution in [2.45, 2.75) is 32.9 Å². The second-order valence-electron chi connectivity index (χ2n) is 6.12. The topological polar surface area (TPSA) is 117 Å². The van der Waals surface area contributed by atoms with Gasteiger partial charge in [0.15, 0.2) is 11.3 Å². The molecule has 26 heavy (non-hydrogen) atoms. The molecule has 0 bridgehead atoms. The zero-order chi connectivity index (χ0) is 18.5. The number of ether oxygens (including phenoxy) is 1. The molecule has 3 rings (SSSR count). The summed E-state index contributed by atoms with van der Waals surface area (Å²) in [5, 5.41) is 7.94. The van der Waals surface area contributed by atoms with E-state index in [1.807, 2.05) is 29.1 Å². The molecule has 1 aromatic carbocycles. The molecule has 0 amide bonds. The molecule has 138 valence electrons. The fourth-order valence-corrected chi connectivity index (χ4v) is 2.82. The van der Waals surface area contributed by atoms with Crippen LogP contribution in [-0.2, 0) is 13.1 Å². The number of rotatable bonds is 8. The first-order valence-electron chi connectivity index (χ1n) is 8.75. The van der Waals surface area contributed by atoms with Crippen molar-refractivity contribution in [1.82, 2.24) is 19.7 Å². The summed E-state index contributed by atoms with van der Waals surface area (Å²) >= 11 is 0. The zero-order valence-corrected chi connectivity index (χ0v) is 15.2. The fraction of sp³-hybridized carbons (Fsp3) is 0.389. The number of unbranched alkanes of at least 4 members (excludes halogenated alkanes) is 1. The van der Waals surface area contributed by atoms with Crippen LogP contribution < -0.4 is 21.5 Å². The van der Waals surface area contributed by atoms with Gasteiger partial charge in [-0.1, -0.05) is 19.4 Å². The van der Waals surface area contributed by atoms with Crippen LogP contribution in [-0.4, -0.2) is 33.4 Å². The molecule has 2 aromatic heterocycles. The number of anilines is 2. The van der Waals surface area contributed by atoms with E-state index in [1.165, 1.54) is 0 Å². The molecule has 0 atom stereocenters. The van der Waals surface area contributed by atoms with Gasteiger partial charge < -0.3 is 21.5 Å². The average Bonchev–Trinajstić information content (AvgIpc) is 3.04. The van der Waals surface area contributed by atoms with Crippen molar-refractivity contribution < 1.29 is 4.74 Å². The van der Waals surface area contributed by atoms with Crippen LogP contribution in [0.25, 0.3) is 11.0 Å². The minimum atomic E-state index is 0.235. The van der Waals surface area contributed by atoms with Crippen LogP contribution in [0.4, 0.5) is 11.8 Å². The second-order valence-corrected chi connectivity index (χ2v) is 6.12. The highest BCUT2D eigenvalue weighted by Gasteiger charge is 2.12. The van der Waals surface area contributed by atoms with Gasteiger partial charge in [-0.05, 0) is 24.1 Å². The molecule has 0 aliphatic rings. The summed E-state index contributed by atoms with van der Waals surface area (Å²) in [6.07, 6.45) is 4.02. The Kier molecular flexibility index (Phi) is 5.52. The maximum atomic E-state index is 5.84. The van der Waals surface area contributed by atoms with E-state index in [0.717, 1.165) is 36.3 Å². The number of benzene rings is 1. The maximum Gasteiger partial charge on any atom is 0.222 e. The zero-order valence-electron chi connectivity index (χ0n) is 15.2.